The van der Waals surface area contributed by atoms with Crippen LogP contribution in [0.2, 0.25) is 0 Å². The first-order valence-electron chi connectivity index (χ1n) is 6.30. The zero-order chi connectivity index (χ0) is 15.7. The van der Waals surface area contributed by atoms with Gasteiger partial charge in [0, 0.05) is 28.7 Å². The Morgan fingerprint density at radius 2 is 2.05 bits per heavy atom. The minimum Gasteiger partial charge on any atom is -0.397 e. The molecule has 0 aliphatic carbocycles. The molecule has 0 aliphatic rings. The van der Waals surface area contributed by atoms with Crippen LogP contribution in [0.25, 0.3) is 10.1 Å². The van der Waals surface area contributed by atoms with Gasteiger partial charge >= 0.3 is 0 Å². The Bertz CT molecular complexity index is 712. The molecule has 0 aliphatic heterocycles. The molecule has 2 amide bonds. The summed E-state index contributed by atoms with van der Waals surface area (Å²) in [6.07, 6.45) is 0. The lowest BCUT2D eigenvalue weighted by Crippen LogP contribution is -2.44. The number of thiophene rings is 1. The molecule has 1 heterocycles. The molecule has 1 atom stereocenters. The predicted molar refractivity (Wildman–Crippen MR) is 89.6 cm³/mol. The van der Waals surface area contributed by atoms with Crippen molar-refractivity contribution < 1.29 is 9.59 Å². The van der Waals surface area contributed by atoms with E-state index >= 15 is 0 Å². The second-order valence-corrected chi connectivity index (χ2v) is 6.88. The van der Waals surface area contributed by atoms with Gasteiger partial charge in [-0.3, -0.25) is 9.59 Å². The Morgan fingerprint density at radius 1 is 1.38 bits per heavy atom. The van der Waals surface area contributed by atoms with Gasteiger partial charge in [0.25, 0.3) is 5.91 Å². The van der Waals surface area contributed by atoms with E-state index in [1.807, 2.05) is 18.2 Å². The number of likely N-dealkylation sites (N-methyl/N-ethyl adjacent to an activating group) is 1. The number of nitrogens with two attached hydrogens (primary N) is 1. The monoisotopic (exact) mass is 369 g/mol. The Balaban J connectivity index is 2.28. The molecular formula is C14H16BrN3O2S. The quantitative estimate of drug-likeness (QED) is 0.872. The molecule has 0 radical (unpaired) electrons. The molecule has 0 bridgehead atoms. The summed E-state index contributed by atoms with van der Waals surface area (Å²) in [6.45, 7) is 1.65. The Morgan fingerprint density at radius 3 is 2.67 bits per heavy atom. The van der Waals surface area contributed by atoms with E-state index in [-0.39, 0.29) is 11.8 Å². The van der Waals surface area contributed by atoms with Crippen LogP contribution in [0.15, 0.2) is 22.7 Å². The molecule has 0 fully saturated rings. The third-order valence-corrected chi connectivity index (χ3v) is 4.72. The summed E-state index contributed by atoms with van der Waals surface area (Å²) in [4.78, 5) is 26.0. The molecule has 1 aromatic heterocycles. The van der Waals surface area contributed by atoms with E-state index < -0.39 is 6.04 Å². The fourth-order valence-corrected chi connectivity index (χ4v) is 3.55. The number of halogens is 1. The molecule has 3 N–H and O–H groups in total. The number of nitrogens with zero attached hydrogens (tertiary/aromatic N) is 1. The van der Waals surface area contributed by atoms with Gasteiger partial charge in [-0.2, -0.15) is 0 Å². The average molecular weight is 370 g/mol. The second-order valence-electron chi connectivity index (χ2n) is 4.91. The summed E-state index contributed by atoms with van der Waals surface area (Å²) in [5, 5.41) is 3.53. The van der Waals surface area contributed by atoms with Crippen LogP contribution in [0, 0.1) is 0 Å². The highest BCUT2D eigenvalue weighted by molar-refractivity contribution is 9.10. The van der Waals surface area contributed by atoms with Crippen LogP contribution in [-0.2, 0) is 4.79 Å². The number of hydrogen-bond donors (Lipinski definition) is 2. The third kappa shape index (κ3) is 3.19. The highest BCUT2D eigenvalue weighted by Crippen LogP contribution is 2.35. The predicted octanol–water partition coefficient (Wildman–Crippen LogP) is 2.45. The lowest BCUT2D eigenvalue weighted by Gasteiger charge is -2.17. The van der Waals surface area contributed by atoms with E-state index in [1.165, 1.54) is 16.2 Å². The van der Waals surface area contributed by atoms with Crippen molar-refractivity contribution in [1.29, 1.82) is 0 Å². The van der Waals surface area contributed by atoms with Crippen LogP contribution >= 0.6 is 27.3 Å². The average Bonchev–Trinajstić information content (AvgIpc) is 2.74. The molecule has 0 saturated carbocycles. The van der Waals surface area contributed by atoms with Gasteiger partial charge in [0.1, 0.15) is 10.9 Å². The van der Waals surface area contributed by atoms with Gasteiger partial charge < -0.3 is 16.0 Å². The van der Waals surface area contributed by atoms with Crippen molar-refractivity contribution in [3.63, 3.8) is 0 Å². The van der Waals surface area contributed by atoms with Crippen molar-refractivity contribution in [3.05, 3.63) is 27.5 Å². The molecule has 1 aromatic carbocycles. The fourth-order valence-electron chi connectivity index (χ4n) is 1.97. The smallest absolute Gasteiger partial charge is 0.264 e. The van der Waals surface area contributed by atoms with Gasteiger partial charge in [0.2, 0.25) is 5.91 Å². The van der Waals surface area contributed by atoms with Crippen molar-refractivity contribution in [2.75, 3.05) is 19.8 Å². The number of anilines is 1. The first-order valence-corrected chi connectivity index (χ1v) is 7.91. The number of nitrogen functional groups attached to an aromatic ring is 1. The van der Waals surface area contributed by atoms with Gasteiger partial charge in [-0.1, -0.05) is 22.0 Å². The SMILES string of the molecule is CC(NC(=O)c1sc2cc(Br)ccc2c1N)C(=O)N(C)C. The maximum Gasteiger partial charge on any atom is 0.264 e. The lowest BCUT2D eigenvalue weighted by molar-refractivity contribution is -0.130. The van der Waals surface area contributed by atoms with E-state index in [0.29, 0.717) is 10.6 Å². The van der Waals surface area contributed by atoms with Crippen molar-refractivity contribution in [2.45, 2.75) is 13.0 Å². The van der Waals surface area contributed by atoms with Crippen molar-refractivity contribution in [2.24, 2.45) is 0 Å². The van der Waals surface area contributed by atoms with Crippen molar-refractivity contribution in [3.8, 4) is 0 Å². The maximum atomic E-state index is 12.3. The van der Waals surface area contributed by atoms with Gasteiger partial charge in [0.05, 0.1) is 5.69 Å². The minimum atomic E-state index is -0.594. The van der Waals surface area contributed by atoms with Gasteiger partial charge in [-0.05, 0) is 19.1 Å². The Labute approximate surface area is 135 Å². The first-order chi connectivity index (χ1) is 9.81. The van der Waals surface area contributed by atoms with Gasteiger partial charge in [-0.25, -0.2) is 0 Å². The molecule has 112 valence electrons. The zero-order valence-corrected chi connectivity index (χ0v) is 14.3. The summed E-state index contributed by atoms with van der Waals surface area (Å²) in [7, 11) is 3.30. The molecule has 2 aromatic rings. The number of benzene rings is 1. The number of rotatable bonds is 3. The standard InChI is InChI=1S/C14H16BrN3O2S/c1-7(14(20)18(2)3)17-13(19)12-11(16)9-5-4-8(15)6-10(9)21-12/h4-7H,16H2,1-3H3,(H,17,19). The summed E-state index contributed by atoms with van der Waals surface area (Å²) in [6, 6.07) is 5.08. The number of nitrogens with one attached hydrogen (secondary N) is 1. The number of amides is 2. The molecule has 7 heteroatoms. The van der Waals surface area contributed by atoms with Crippen LogP contribution in [0.3, 0.4) is 0 Å². The van der Waals surface area contributed by atoms with Gasteiger partial charge in [0.15, 0.2) is 0 Å². The number of carbonyl (C=O) groups is 2. The van der Waals surface area contributed by atoms with Crippen LogP contribution in [0.5, 0.6) is 0 Å². The molecule has 0 saturated heterocycles. The minimum absolute atomic E-state index is 0.161. The Kier molecular flexibility index (Phi) is 4.53. The van der Waals surface area contributed by atoms with Crippen LogP contribution in [-0.4, -0.2) is 36.9 Å². The van der Waals surface area contributed by atoms with E-state index in [4.69, 9.17) is 5.73 Å². The highest BCUT2D eigenvalue weighted by Gasteiger charge is 2.21. The zero-order valence-electron chi connectivity index (χ0n) is 11.9. The lowest BCUT2D eigenvalue weighted by atomic mass is 10.2. The number of fused-ring (bicyclic) bond motifs is 1. The van der Waals surface area contributed by atoms with E-state index in [0.717, 1.165) is 14.6 Å². The highest BCUT2D eigenvalue weighted by atomic mass is 79.9. The molecule has 1 unspecified atom stereocenters. The topological polar surface area (TPSA) is 75.4 Å². The molecule has 21 heavy (non-hydrogen) atoms. The van der Waals surface area contributed by atoms with Crippen molar-refractivity contribution in [1.82, 2.24) is 10.2 Å². The summed E-state index contributed by atoms with van der Waals surface area (Å²) < 4.78 is 1.86. The first kappa shape index (κ1) is 15.8. The maximum absolute atomic E-state index is 12.3. The third-order valence-electron chi connectivity index (χ3n) is 3.06. The van der Waals surface area contributed by atoms with E-state index in [1.54, 1.807) is 21.0 Å². The van der Waals surface area contributed by atoms with Crippen LogP contribution in [0.4, 0.5) is 5.69 Å². The Hall–Kier alpha value is -1.60. The molecule has 0 spiro atoms. The summed E-state index contributed by atoms with van der Waals surface area (Å²) in [5.41, 5.74) is 6.49. The molecule has 2 rings (SSSR count). The molecule has 5 nitrogen and oxygen atoms in total. The van der Waals surface area contributed by atoms with Crippen LogP contribution in [0.1, 0.15) is 16.6 Å². The summed E-state index contributed by atoms with van der Waals surface area (Å²) in [5.74, 6) is -0.488. The second kappa shape index (κ2) is 6.03. The van der Waals surface area contributed by atoms with Crippen molar-refractivity contribution >= 4 is 54.9 Å². The number of carbonyl (C=O) groups excluding carboxylic acids is 2. The normalized spacial score (nSPS) is 12.2. The largest absolute Gasteiger partial charge is 0.397 e. The fraction of sp³-hybridized carbons (Fsp3) is 0.286. The number of hydrogen-bond acceptors (Lipinski definition) is 4. The van der Waals surface area contributed by atoms with E-state index in [2.05, 4.69) is 21.2 Å². The summed E-state index contributed by atoms with van der Waals surface area (Å²) >= 11 is 4.71. The van der Waals surface area contributed by atoms with Crippen LogP contribution < -0.4 is 11.1 Å². The van der Waals surface area contributed by atoms with E-state index in [9.17, 15) is 9.59 Å². The molecular weight excluding hydrogens is 354 g/mol. The van der Waals surface area contributed by atoms with Gasteiger partial charge in [-0.15, -0.1) is 11.3 Å².